The quantitative estimate of drug-likeness (QED) is 0.832. The Labute approximate surface area is 133 Å². The van der Waals surface area contributed by atoms with E-state index in [4.69, 9.17) is 28.9 Å². The largest absolute Gasteiger partial charge is 0.322 e. The summed E-state index contributed by atoms with van der Waals surface area (Å²) in [4.78, 5) is 12.2. The summed E-state index contributed by atoms with van der Waals surface area (Å²) in [7, 11) is 0. The lowest BCUT2D eigenvalue weighted by atomic mass is 10.1. The molecule has 106 valence electrons. The van der Waals surface area contributed by atoms with Crippen LogP contribution in [-0.4, -0.2) is 12.5 Å². The van der Waals surface area contributed by atoms with E-state index in [0.717, 1.165) is 0 Å². The van der Waals surface area contributed by atoms with Gasteiger partial charge in [-0.1, -0.05) is 47.2 Å². The van der Waals surface area contributed by atoms with E-state index in [-0.39, 0.29) is 12.5 Å². The Hall–Kier alpha value is -1.99. The van der Waals surface area contributed by atoms with Crippen LogP contribution in [0.15, 0.2) is 42.5 Å². The van der Waals surface area contributed by atoms with Gasteiger partial charge in [0, 0.05) is 11.3 Å². The summed E-state index contributed by atoms with van der Waals surface area (Å²) in [5.41, 5.74) is 6.94. The number of nitrogens with two attached hydrogens (primary N) is 1. The van der Waals surface area contributed by atoms with Crippen LogP contribution in [0.3, 0.4) is 0 Å². The van der Waals surface area contributed by atoms with Gasteiger partial charge in [-0.3, -0.25) is 4.79 Å². The first-order valence-corrected chi connectivity index (χ1v) is 6.92. The van der Waals surface area contributed by atoms with Gasteiger partial charge in [-0.25, -0.2) is 0 Å². The van der Waals surface area contributed by atoms with Crippen molar-refractivity contribution in [1.29, 1.82) is 0 Å². The molecule has 0 fully saturated rings. The Morgan fingerprint density at radius 3 is 2.62 bits per heavy atom. The molecule has 3 N–H and O–H groups in total. The molecule has 0 aliphatic carbocycles. The van der Waals surface area contributed by atoms with Gasteiger partial charge in [0.05, 0.1) is 22.2 Å². The van der Waals surface area contributed by atoms with Crippen LogP contribution in [0.1, 0.15) is 15.9 Å². The first-order chi connectivity index (χ1) is 10.1. The lowest BCUT2D eigenvalue weighted by Crippen LogP contribution is -2.12. The first-order valence-electron chi connectivity index (χ1n) is 6.16. The van der Waals surface area contributed by atoms with E-state index in [1.807, 2.05) is 0 Å². The van der Waals surface area contributed by atoms with Crippen molar-refractivity contribution in [2.24, 2.45) is 5.73 Å². The minimum Gasteiger partial charge on any atom is -0.322 e. The summed E-state index contributed by atoms with van der Waals surface area (Å²) in [6.45, 7) is 0.243. The Morgan fingerprint density at radius 1 is 1.14 bits per heavy atom. The molecule has 1 amide bonds. The second-order valence-corrected chi connectivity index (χ2v) is 4.95. The highest BCUT2D eigenvalue weighted by Gasteiger charge is 2.10. The number of carbonyl (C=O) groups excluding carboxylic acids is 1. The van der Waals surface area contributed by atoms with Crippen LogP contribution in [-0.2, 0) is 0 Å². The number of benzene rings is 2. The van der Waals surface area contributed by atoms with Crippen molar-refractivity contribution in [1.82, 2.24) is 0 Å². The SMILES string of the molecule is NCC#Cc1cc(NC(=O)c2ccccc2Cl)ccc1Cl. The Bertz CT molecular complexity index is 733. The standard InChI is InChI=1S/C16H12Cl2N2O/c17-14-8-7-12(10-11(14)4-3-9-19)20-16(21)13-5-1-2-6-15(13)18/h1-2,5-8,10H,9,19H2,(H,20,21). The summed E-state index contributed by atoms with van der Waals surface area (Å²) in [6, 6.07) is 11.9. The average molecular weight is 319 g/mol. The van der Waals surface area contributed by atoms with Crippen LogP contribution in [0.2, 0.25) is 10.0 Å². The molecule has 0 saturated carbocycles. The van der Waals surface area contributed by atoms with Gasteiger partial charge in [0.25, 0.3) is 5.91 Å². The van der Waals surface area contributed by atoms with Crippen molar-refractivity contribution in [2.75, 3.05) is 11.9 Å². The van der Waals surface area contributed by atoms with Gasteiger partial charge >= 0.3 is 0 Å². The molecule has 3 nitrogen and oxygen atoms in total. The second-order valence-electron chi connectivity index (χ2n) is 4.13. The zero-order chi connectivity index (χ0) is 15.2. The lowest BCUT2D eigenvalue weighted by molar-refractivity contribution is 0.102. The van der Waals surface area contributed by atoms with Crippen molar-refractivity contribution in [3.63, 3.8) is 0 Å². The van der Waals surface area contributed by atoms with Gasteiger partial charge in [0.15, 0.2) is 0 Å². The van der Waals surface area contributed by atoms with Crippen LogP contribution in [0.25, 0.3) is 0 Å². The molecule has 0 atom stereocenters. The summed E-state index contributed by atoms with van der Waals surface area (Å²) >= 11 is 12.0. The number of nitrogens with one attached hydrogen (secondary N) is 1. The third-order valence-corrected chi connectivity index (χ3v) is 3.33. The van der Waals surface area contributed by atoms with Crippen molar-refractivity contribution in [3.05, 3.63) is 63.6 Å². The second kappa shape index (κ2) is 7.14. The highest BCUT2D eigenvalue weighted by molar-refractivity contribution is 6.34. The number of hydrogen-bond donors (Lipinski definition) is 2. The number of rotatable bonds is 2. The molecule has 2 aromatic rings. The van der Waals surface area contributed by atoms with Gasteiger partial charge in [-0.15, -0.1) is 0 Å². The van der Waals surface area contributed by atoms with E-state index in [1.54, 1.807) is 42.5 Å². The monoisotopic (exact) mass is 318 g/mol. The van der Waals surface area contributed by atoms with Gasteiger partial charge in [0.1, 0.15) is 0 Å². The Balaban J connectivity index is 2.24. The van der Waals surface area contributed by atoms with Gasteiger partial charge in [-0.05, 0) is 30.3 Å². The Morgan fingerprint density at radius 2 is 1.90 bits per heavy atom. The van der Waals surface area contributed by atoms with Crippen LogP contribution in [0.5, 0.6) is 0 Å². The molecule has 0 unspecified atom stereocenters. The van der Waals surface area contributed by atoms with E-state index in [1.165, 1.54) is 0 Å². The summed E-state index contributed by atoms with van der Waals surface area (Å²) in [6.07, 6.45) is 0. The normalized spacial score (nSPS) is 9.67. The predicted molar refractivity (Wildman–Crippen MR) is 86.8 cm³/mol. The summed E-state index contributed by atoms with van der Waals surface area (Å²) in [5, 5.41) is 3.66. The van der Waals surface area contributed by atoms with Crippen molar-refractivity contribution < 1.29 is 4.79 Å². The minimum absolute atomic E-state index is 0.243. The first kappa shape index (κ1) is 15.4. The molecule has 0 aromatic heterocycles. The van der Waals surface area contributed by atoms with E-state index in [2.05, 4.69) is 17.2 Å². The minimum atomic E-state index is -0.291. The molecule has 0 heterocycles. The zero-order valence-corrected chi connectivity index (χ0v) is 12.5. The summed E-state index contributed by atoms with van der Waals surface area (Å²) in [5.74, 6) is 5.29. The van der Waals surface area contributed by atoms with Crippen molar-refractivity contribution in [3.8, 4) is 11.8 Å². The van der Waals surface area contributed by atoms with Crippen LogP contribution >= 0.6 is 23.2 Å². The highest BCUT2D eigenvalue weighted by Crippen LogP contribution is 2.21. The fraction of sp³-hybridized carbons (Fsp3) is 0.0625. The van der Waals surface area contributed by atoms with Gasteiger partial charge < -0.3 is 11.1 Å². The molecular weight excluding hydrogens is 307 g/mol. The molecule has 2 rings (SSSR count). The molecule has 2 aromatic carbocycles. The highest BCUT2D eigenvalue weighted by atomic mass is 35.5. The van der Waals surface area contributed by atoms with Gasteiger partial charge in [-0.2, -0.15) is 0 Å². The van der Waals surface area contributed by atoms with Crippen molar-refractivity contribution >= 4 is 34.8 Å². The molecule has 0 spiro atoms. The van der Waals surface area contributed by atoms with Gasteiger partial charge in [0.2, 0.25) is 0 Å². The molecule has 0 bridgehead atoms. The smallest absolute Gasteiger partial charge is 0.257 e. The van der Waals surface area contributed by atoms with E-state index >= 15 is 0 Å². The van der Waals surface area contributed by atoms with E-state index in [9.17, 15) is 4.79 Å². The van der Waals surface area contributed by atoms with E-state index in [0.29, 0.717) is 26.9 Å². The summed E-state index contributed by atoms with van der Waals surface area (Å²) < 4.78 is 0. The molecule has 0 aliphatic heterocycles. The van der Waals surface area contributed by atoms with Crippen LogP contribution < -0.4 is 11.1 Å². The van der Waals surface area contributed by atoms with Crippen LogP contribution in [0.4, 0.5) is 5.69 Å². The number of halogens is 2. The molecule has 0 radical (unpaired) electrons. The molecule has 5 heteroatoms. The number of carbonyl (C=O) groups is 1. The van der Waals surface area contributed by atoms with Crippen LogP contribution in [0, 0.1) is 11.8 Å². The molecule has 0 saturated heterocycles. The number of amides is 1. The zero-order valence-electron chi connectivity index (χ0n) is 11.0. The maximum atomic E-state index is 12.2. The molecular formula is C16H12Cl2N2O. The number of anilines is 1. The molecule has 21 heavy (non-hydrogen) atoms. The maximum Gasteiger partial charge on any atom is 0.257 e. The van der Waals surface area contributed by atoms with E-state index < -0.39 is 0 Å². The average Bonchev–Trinajstić information content (AvgIpc) is 2.48. The third kappa shape index (κ3) is 3.99. The lowest BCUT2D eigenvalue weighted by Gasteiger charge is -2.07. The fourth-order valence-electron chi connectivity index (χ4n) is 1.69. The predicted octanol–water partition coefficient (Wildman–Crippen LogP) is 3.56. The number of hydrogen-bond acceptors (Lipinski definition) is 2. The Kier molecular flexibility index (Phi) is 5.24. The maximum absolute atomic E-state index is 12.2. The third-order valence-electron chi connectivity index (χ3n) is 2.67. The topological polar surface area (TPSA) is 55.1 Å². The van der Waals surface area contributed by atoms with Crippen molar-refractivity contribution in [2.45, 2.75) is 0 Å². The molecule has 0 aliphatic rings. The fourth-order valence-corrected chi connectivity index (χ4v) is 2.08.